The SMILES string of the molecule is CCCCCCCCCCCC[NH3+].CCc1ccc(S(=O)(=O)[O-])c(CC)c1CC. The molecule has 0 saturated heterocycles. The third kappa shape index (κ3) is 11.8. The van der Waals surface area contributed by atoms with Crippen LogP contribution in [0.15, 0.2) is 17.0 Å². The van der Waals surface area contributed by atoms with Gasteiger partial charge < -0.3 is 10.3 Å². The molecule has 0 unspecified atom stereocenters. The van der Waals surface area contributed by atoms with Crippen LogP contribution in [0.3, 0.4) is 0 Å². The minimum Gasteiger partial charge on any atom is -0.744 e. The topological polar surface area (TPSA) is 84.8 Å². The van der Waals surface area contributed by atoms with Crippen molar-refractivity contribution in [2.24, 2.45) is 0 Å². The van der Waals surface area contributed by atoms with E-state index in [0.29, 0.717) is 12.0 Å². The van der Waals surface area contributed by atoms with Crippen molar-refractivity contribution in [1.82, 2.24) is 0 Å². The van der Waals surface area contributed by atoms with Crippen LogP contribution in [0.4, 0.5) is 0 Å². The van der Waals surface area contributed by atoms with Crippen LogP contribution < -0.4 is 5.73 Å². The third-order valence-corrected chi connectivity index (χ3v) is 6.37. The Morgan fingerprint density at radius 2 is 1.21 bits per heavy atom. The van der Waals surface area contributed by atoms with Crippen LogP contribution >= 0.6 is 0 Å². The van der Waals surface area contributed by atoms with Gasteiger partial charge in [0.25, 0.3) is 0 Å². The van der Waals surface area contributed by atoms with Gasteiger partial charge in [0.15, 0.2) is 0 Å². The average molecular weight is 428 g/mol. The first-order valence-electron chi connectivity index (χ1n) is 11.8. The highest BCUT2D eigenvalue weighted by molar-refractivity contribution is 7.85. The Morgan fingerprint density at radius 1 is 0.724 bits per heavy atom. The second kappa shape index (κ2) is 16.8. The highest BCUT2D eigenvalue weighted by Gasteiger charge is 2.13. The Kier molecular flexibility index (Phi) is 16.3. The van der Waals surface area contributed by atoms with E-state index >= 15 is 0 Å². The maximum Gasteiger partial charge on any atom is 0.124 e. The molecule has 0 saturated carbocycles. The molecule has 0 aliphatic carbocycles. The van der Waals surface area contributed by atoms with Crippen LogP contribution in [0, 0.1) is 0 Å². The summed E-state index contributed by atoms with van der Waals surface area (Å²) in [5, 5.41) is 0. The summed E-state index contributed by atoms with van der Waals surface area (Å²) in [5.41, 5.74) is 6.69. The van der Waals surface area contributed by atoms with Gasteiger partial charge in [-0.25, -0.2) is 8.42 Å². The second-order valence-electron chi connectivity index (χ2n) is 7.73. The molecule has 0 heterocycles. The van der Waals surface area contributed by atoms with Gasteiger partial charge in [0.05, 0.1) is 11.4 Å². The van der Waals surface area contributed by atoms with Crippen molar-refractivity contribution in [3.05, 3.63) is 28.8 Å². The first kappa shape index (κ1) is 28.1. The fourth-order valence-electron chi connectivity index (χ4n) is 3.78. The van der Waals surface area contributed by atoms with Crippen molar-refractivity contribution in [1.29, 1.82) is 0 Å². The molecule has 0 aliphatic heterocycles. The zero-order chi connectivity index (χ0) is 22.1. The molecule has 3 N–H and O–H groups in total. The molecule has 1 aromatic carbocycles. The minimum atomic E-state index is -4.35. The molecule has 0 radical (unpaired) electrons. The molecule has 0 bridgehead atoms. The lowest BCUT2D eigenvalue weighted by Gasteiger charge is -2.18. The predicted octanol–water partition coefficient (Wildman–Crippen LogP) is 5.43. The monoisotopic (exact) mass is 427 g/mol. The van der Waals surface area contributed by atoms with E-state index in [2.05, 4.69) is 12.7 Å². The van der Waals surface area contributed by atoms with Crippen molar-refractivity contribution in [3.8, 4) is 0 Å². The van der Waals surface area contributed by atoms with Crippen LogP contribution in [0.1, 0.15) is 109 Å². The summed E-state index contributed by atoms with van der Waals surface area (Å²) in [6.07, 6.45) is 16.4. The molecule has 0 aromatic heterocycles. The van der Waals surface area contributed by atoms with E-state index in [-0.39, 0.29) is 4.90 Å². The van der Waals surface area contributed by atoms with E-state index in [9.17, 15) is 13.0 Å². The number of aryl methyl sites for hydroxylation is 1. The molecule has 0 aliphatic rings. The Bertz CT molecular complexity index is 632. The van der Waals surface area contributed by atoms with E-state index in [1.807, 2.05) is 20.8 Å². The molecule has 1 aromatic rings. The lowest BCUT2D eigenvalue weighted by molar-refractivity contribution is -0.368. The number of quaternary nitrogens is 1. The number of benzene rings is 1. The molecule has 0 atom stereocenters. The van der Waals surface area contributed by atoms with Crippen LogP contribution in [-0.4, -0.2) is 19.5 Å². The number of hydrogen-bond acceptors (Lipinski definition) is 3. The number of hydrogen-bond donors (Lipinski definition) is 1. The van der Waals surface area contributed by atoms with Gasteiger partial charge >= 0.3 is 0 Å². The van der Waals surface area contributed by atoms with Gasteiger partial charge in [-0.15, -0.1) is 0 Å². The first-order chi connectivity index (χ1) is 13.9. The van der Waals surface area contributed by atoms with Crippen LogP contribution in [0.5, 0.6) is 0 Å². The molecule has 29 heavy (non-hydrogen) atoms. The van der Waals surface area contributed by atoms with Crippen LogP contribution in [-0.2, 0) is 29.4 Å². The molecule has 0 spiro atoms. The zero-order valence-corrected chi connectivity index (χ0v) is 20.2. The Hall–Kier alpha value is -0.910. The van der Waals surface area contributed by atoms with E-state index in [1.165, 1.54) is 70.3 Å². The first-order valence-corrected chi connectivity index (χ1v) is 13.2. The molecule has 0 fully saturated rings. The summed E-state index contributed by atoms with van der Waals surface area (Å²) in [5.74, 6) is 0. The van der Waals surface area contributed by atoms with Crippen molar-refractivity contribution >= 4 is 10.1 Å². The fourth-order valence-corrected chi connectivity index (χ4v) is 4.58. The van der Waals surface area contributed by atoms with Gasteiger partial charge in [-0.2, -0.15) is 0 Å². The highest BCUT2D eigenvalue weighted by atomic mass is 32.2. The van der Waals surface area contributed by atoms with Crippen LogP contribution in [0.25, 0.3) is 0 Å². The quantitative estimate of drug-likeness (QED) is 0.317. The van der Waals surface area contributed by atoms with Gasteiger partial charge in [-0.1, -0.05) is 85.1 Å². The van der Waals surface area contributed by atoms with Crippen molar-refractivity contribution in [3.63, 3.8) is 0 Å². The third-order valence-electron chi connectivity index (χ3n) is 5.45. The average Bonchev–Trinajstić information content (AvgIpc) is 2.71. The molecule has 0 amide bonds. The van der Waals surface area contributed by atoms with E-state index in [1.54, 1.807) is 6.07 Å². The minimum absolute atomic E-state index is 0.0518. The molecule has 5 heteroatoms. The Balaban J connectivity index is 0.000000555. The molecule has 170 valence electrons. The summed E-state index contributed by atoms with van der Waals surface area (Å²) >= 11 is 0. The number of unbranched alkanes of at least 4 members (excludes halogenated alkanes) is 9. The largest absolute Gasteiger partial charge is 0.744 e. The van der Waals surface area contributed by atoms with E-state index < -0.39 is 10.1 Å². The van der Waals surface area contributed by atoms with Crippen LogP contribution in [0.2, 0.25) is 0 Å². The summed E-state index contributed by atoms with van der Waals surface area (Å²) in [6.45, 7) is 9.28. The van der Waals surface area contributed by atoms with Crippen molar-refractivity contribution in [2.45, 2.75) is 116 Å². The molecular formula is C24H45NO3S. The molecular weight excluding hydrogens is 382 g/mol. The summed E-state index contributed by atoms with van der Waals surface area (Å²) < 4.78 is 33.4. The van der Waals surface area contributed by atoms with Crippen molar-refractivity contribution in [2.75, 3.05) is 6.54 Å². The maximum atomic E-state index is 11.1. The lowest BCUT2D eigenvalue weighted by Crippen LogP contribution is -2.50. The Morgan fingerprint density at radius 3 is 1.59 bits per heavy atom. The second-order valence-corrected chi connectivity index (χ2v) is 9.08. The van der Waals surface area contributed by atoms with Crippen molar-refractivity contribution < 1.29 is 18.7 Å². The zero-order valence-electron chi connectivity index (χ0n) is 19.4. The summed E-state index contributed by atoms with van der Waals surface area (Å²) in [7, 11) is -4.35. The lowest BCUT2D eigenvalue weighted by atomic mass is 9.96. The maximum absolute atomic E-state index is 11.1. The fraction of sp³-hybridized carbons (Fsp3) is 0.750. The molecule has 4 nitrogen and oxygen atoms in total. The van der Waals surface area contributed by atoms with Gasteiger partial charge in [-0.05, 0) is 54.9 Å². The highest BCUT2D eigenvalue weighted by Crippen LogP contribution is 2.24. The van der Waals surface area contributed by atoms with Gasteiger partial charge in [0.2, 0.25) is 0 Å². The number of rotatable bonds is 14. The summed E-state index contributed by atoms with van der Waals surface area (Å²) in [4.78, 5) is -0.0518. The van der Waals surface area contributed by atoms with Gasteiger partial charge in [-0.3, -0.25) is 0 Å². The standard InChI is InChI=1S/C12H27N.C12H18O3S/c1-2-3-4-5-6-7-8-9-10-11-12-13;1-4-9-7-8-12(16(13,14)15)11(6-3)10(9)5-2/h2-13H2,1H3;7-8H,4-6H2,1-3H3,(H,13,14,15). The van der Waals surface area contributed by atoms with E-state index in [0.717, 1.165) is 30.5 Å². The Labute approximate surface area is 180 Å². The normalized spacial score (nSPS) is 11.2. The van der Waals surface area contributed by atoms with Gasteiger partial charge in [0, 0.05) is 0 Å². The predicted molar refractivity (Wildman–Crippen MR) is 122 cm³/mol. The molecule has 1 rings (SSSR count). The van der Waals surface area contributed by atoms with E-state index in [4.69, 9.17) is 0 Å². The summed E-state index contributed by atoms with van der Waals surface area (Å²) in [6, 6.07) is 3.20. The van der Waals surface area contributed by atoms with Gasteiger partial charge in [0.1, 0.15) is 10.1 Å². The smallest absolute Gasteiger partial charge is 0.124 e.